The number of piperidine rings is 1. The predicted molar refractivity (Wildman–Crippen MR) is 139 cm³/mol. The maximum atomic E-state index is 14.3. The number of nitrogens with zero attached hydrogens (tertiary/aromatic N) is 4. The first-order chi connectivity index (χ1) is 17.7. The van der Waals surface area contributed by atoms with Crippen molar-refractivity contribution in [2.75, 3.05) is 26.2 Å². The second kappa shape index (κ2) is 10.6. The SMILES string of the molecule is Cc1nc(C2=C(N)CN(C(=O)c3ccc(F)cc3OC3CC4CC(C)C(C3)N4CCCO)C2)ncc1Cl. The first kappa shape index (κ1) is 25.9. The van der Waals surface area contributed by atoms with Crippen LogP contribution in [-0.4, -0.2) is 75.2 Å². The molecular formula is C27H33ClFN5O3. The molecule has 10 heteroatoms. The fourth-order valence-corrected chi connectivity index (χ4v) is 6.10. The van der Waals surface area contributed by atoms with Crippen molar-refractivity contribution in [1.82, 2.24) is 19.8 Å². The van der Waals surface area contributed by atoms with Crippen molar-refractivity contribution in [1.29, 1.82) is 0 Å². The van der Waals surface area contributed by atoms with Crippen LogP contribution >= 0.6 is 11.6 Å². The monoisotopic (exact) mass is 529 g/mol. The zero-order chi connectivity index (χ0) is 26.3. The summed E-state index contributed by atoms with van der Waals surface area (Å²) in [5.41, 5.74) is 8.42. The number of rotatable bonds is 7. The Bertz CT molecular complexity index is 1220. The lowest BCUT2D eigenvalue weighted by atomic mass is 9.96. The molecular weight excluding hydrogens is 497 g/mol. The minimum atomic E-state index is -0.451. The molecule has 0 aliphatic carbocycles. The van der Waals surface area contributed by atoms with Gasteiger partial charge in [0, 0.05) is 55.2 Å². The van der Waals surface area contributed by atoms with E-state index in [1.807, 2.05) is 0 Å². The summed E-state index contributed by atoms with van der Waals surface area (Å²) in [5, 5.41) is 9.74. The molecule has 2 saturated heterocycles. The highest BCUT2D eigenvalue weighted by Gasteiger charge is 2.45. The molecule has 0 saturated carbocycles. The predicted octanol–water partition coefficient (Wildman–Crippen LogP) is 3.41. The summed E-state index contributed by atoms with van der Waals surface area (Å²) >= 11 is 6.06. The largest absolute Gasteiger partial charge is 0.489 e. The molecule has 198 valence electrons. The van der Waals surface area contributed by atoms with Crippen LogP contribution in [0.25, 0.3) is 5.57 Å². The first-order valence-corrected chi connectivity index (χ1v) is 13.2. The van der Waals surface area contributed by atoms with Crippen molar-refractivity contribution >= 4 is 23.1 Å². The van der Waals surface area contributed by atoms with Crippen molar-refractivity contribution in [3.05, 3.63) is 58.0 Å². The average molecular weight is 530 g/mol. The molecule has 1 aromatic heterocycles. The Hall–Kier alpha value is -2.75. The van der Waals surface area contributed by atoms with Gasteiger partial charge in [-0.25, -0.2) is 14.4 Å². The van der Waals surface area contributed by atoms with Gasteiger partial charge in [0.1, 0.15) is 17.7 Å². The number of amides is 1. The Morgan fingerprint density at radius 3 is 2.84 bits per heavy atom. The highest BCUT2D eigenvalue weighted by Crippen LogP contribution is 2.41. The van der Waals surface area contributed by atoms with Crippen LogP contribution in [0.4, 0.5) is 4.39 Å². The molecule has 4 heterocycles. The third kappa shape index (κ3) is 5.17. The van der Waals surface area contributed by atoms with Gasteiger partial charge >= 0.3 is 0 Å². The van der Waals surface area contributed by atoms with Crippen LogP contribution in [0.3, 0.4) is 0 Å². The van der Waals surface area contributed by atoms with Gasteiger partial charge in [0.15, 0.2) is 5.82 Å². The molecule has 2 bridgehead atoms. The molecule has 1 amide bonds. The Kier molecular flexibility index (Phi) is 7.38. The normalized spacial score (nSPS) is 25.7. The first-order valence-electron chi connectivity index (χ1n) is 12.8. The number of carbonyl (C=O) groups is 1. The van der Waals surface area contributed by atoms with Crippen LogP contribution in [0.2, 0.25) is 5.02 Å². The van der Waals surface area contributed by atoms with E-state index in [-0.39, 0.29) is 37.5 Å². The van der Waals surface area contributed by atoms with Crippen LogP contribution in [0.1, 0.15) is 54.5 Å². The minimum absolute atomic E-state index is 0.110. The topological polar surface area (TPSA) is 105 Å². The summed E-state index contributed by atoms with van der Waals surface area (Å²) in [5.74, 6) is 0.504. The number of hydrogen-bond donors (Lipinski definition) is 2. The summed E-state index contributed by atoms with van der Waals surface area (Å²) in [7, 11) is 0. The number of aryl methyl sites for hydroxylation is 1. The van der Waals surface area contributed by atoms with E-state index in [9.17, 15) is 14.3 Å². The Labute approximate surface area is 221 Å². The van der Waals surface area contributed by atoms with Gasteiger partial charge in [-0.05, 0) is 44.2 Å². The van der Waals surface area contributed by atoms with Crippen LogP contribution in [0, 0.1) is 18.7 Å². The lowest BCUT2D eigenvalue weighted by molar-refractivity contribution is 0.0394. The molecule has 5 rings (SSSR count). The van der Waals surface area contributed by atoms with Crippen LogP contribution in [0.5, 0.6) is 5.75 Å². The average Bonchev–Trinajstić information content (AvgIpc) is 3.33. The Morgan fingerprint density at radius 1 is 1.30 bits per heavy atom. The smallest absolute Gasteiger partial charge is 0.258 e. The molecule has 4 unspecified atom stereocenters. The number of carbonyl (C=O) groups excluding carboxylic acids is 1. The number of aliphatic hydroxyl groups is 1. The van der Waals surface area contributed by atoms with Crippen molar-refractivity contribution < 1.29 is 19.0 Å². The van der Waals surface area contributed by atoms with Gasteiger partial charge in [-0.2, -0.15) is 0 Å². The van der Waals surface area contributed by atoms with E-state index in [2.05, 4.69) is 21.8 Å². The van der Waals surface area contributed by atoms with Gasteiger partial charge < -0.3 is 20.5 Å². The molecule has 8 nitrogen and oxygen atoms in total. The summed E-state index contributed by atoms with van der Waals surface area (Å²) in [6, 6.07) is 4.79. The Balaban J connectivity index is 1.31. The van der Waals surface area contributed by atoms with Crippen LogP contribution < -0.4 is 10.5 Å². The third-order valence-corrected chi connectivity index (χ3v) is 8.22. The molecule has 3 aliphatic rings. The van der Waals surface area contributed by atoms with E-state index in [1.54, 1.807) is 11.8 Å². The van der Waals surface area contributed by atoms with Crippen LogP contribution in [-0.2, 0) is 0 Å². The van der Waals surface area contributed by atoms with Gasteiger partial charge in [-0.3, -0.25) is 9.69 Å². The number of benzene rings is 1. The van der Waals surface area contributed by atoms with Crippen molar-refractivity contribution in [2.24, 2.45) is 11.7 Å². The van der Waals surface area contributed by atoms with E-state index >= 15 is 0 Å². The fourth-order valence-electron chi connectivity index (χ4n) is 6.01. The number of fused-ring (bicyclic) bond motifs is 2. The van der Waals surface area contributed by atoms with Crippen molar-refractivity contribution in [2.45, 2.75) is 57.7 Å². The van der Waals surface area contributed by atoms with E-state index in [1.165, 1.54) is 24.4 Å². The third-order valence-electron chi connectivity index (χ3n) is 7.85. The minimum Gasteiger partial charge on any atom is -0.489 e. The molecule has 2 aromatic rings. The van der Waals surface area contributed by atoms with E-state index in [4.69, 9.17) is 22.1 Å². The second-order valence-electron chi connectivity index (χ2n) is 10.4. The molecule has 2 fully saturated rings. The van der Waals surface area contributed by atoms with E-state index < -0.39 is 5.82 Å². The summed E-state index contributed by atoms with van der Waals surface area (Å²) in [6.45, 7) is 5.56. The van der Waals surface area contributed by atoms with Crippen LogP contribution in [0.15, 0.2) is 30.1 Å². The quantitative estimate of drug-likeness (QED) is 0.566. The summed E-state index contributed by atoms with van der Waals surface area (Å²) in [4.78, 5) is 26.4. The highest BCUT2D eigenvalue weighted by atomic mass is 35.5. The molecule has 0 spiro atoms. The maximum absolute atomic E-state index is 14.3. The summed E-state index contributed by atoms with van der Waals surface area (Å²) in [6.07, 6.45) is 4.87. The lowest BCUT2D eigenvalue weighted by Crippen LogP contribution is -2.47. The lowest BCUT2D eigenvalue weighted by Gasteiger charge is -2.39. The Morgan fingerprint density at radius 2 is 2.11 bits per heavy atom. The maximum Gasteiger partial charge on any atom is 0.258 e. The molecule has 3 aliphatic heterocycles. The number of nitrogens with two attached hydrogens (primary N) is 1. The molecule has 4 atom stereocenters. The fraction of sp³-hybridized carbons (Fsp3) is 0.519. The van der Waals surface area contributed by atoms with Gasteiger partial charge in [0.2, 0.25) is 0 Å². The standard InChI is InChI=1S/C27H33ClFN5O3/c1-15-8-18-10-19(11-24(15)34(18)6-3-7-35)37-25-9-17(29)4-5-20(25)27(36)33-13-21(23(30)14-33)26-31-12-22(28)16(2)32-26/h4-5,9,12,15,18-19,24,35H,3,6-8,10-11,13-14,30H2,1-2H3. The molecule has 1 aromatic carbocycles. The van der Waals surface area contributed by atoms with Gasteiger partial charge in [-0.1, -0.05) is 18.5 Å². The van der Waals surface area contributed by atoms with Gasteiger partial charge in [0.05, 0.1) is 29.4 Å². The van der Waals surface area contributed by atoms with Crippen molar-refractivity contribution in [3.8, 4) is 5.75 Å². The zero-order valence-electron chi connectivity index (χ0n) is 21.2. The zero-order valence-corrected chi connectivity index (χ0v) is 21.9. The number of ether oxygens (including phenoxy) is 1. The molecule has 0 radical (unpaired) electrons. The molecule has 3 N–H and O–H groups in total. The van der Waals surface area contributed by atoms with Crippen molar-refractivity contribution in [3.63, 3.8) is 0 Å². The molecule has 37 heavy (non-hydrogen) atoms. The van der Waals surface area contributed by atoms with E-state index in [0.717, 1.165) is 32.2 Å². The number of hydrogen-bond acceptors (Lipinski definition) is 7. The second-order valence-corrected chi connectivity index (χ2v) is 10.8. The van der Waals surface area contributed by atoms with Gasteiger partial charge in [-0.15, -0.1) is 0 Å². The number of aliphatic hydroxyl groups excluding tert-OH is 1. The number of halogens is 2. The number of aromatic nitrogens is 2. The van der Waals surface area contributed by atoms with Gasteiger partial charge in [0.25, 0.3) is 5.91 Å². The van der Waals surface area contributed by atoms with E-state index in [0.29, 0.717) is 51.4 Å². The summed E-state index contributed by atoms with van der Waals surface area (Å²) < 4.78 is 20.6. The highest BCUT2D eigenvalue weighted by molar-refractivity contribution is 6.31.